The van der Waals surface area contributed by atoms with Gasteiger partial charge in [0, 0.05) is 30.4 Å². The molecule has 0 radical (unpaired) electrons. The molecule has 0 aliphatic carbocycles. The second-order valence-electron chi connectivity index (χ2n) is 2.58. The van der Waals surface area contributed by atoms with Gasteiger partial charge in [-0.25, -0.2) is 9.97 Å². The van der Waals surface area contributed by atoms with Crippen molar-refractivity contribution in [2.45, 2.75) is 0 Å². The molecular formula is C9H8N4. The van der Waals surface area contributed by atoms with Crippen LogP contribution in [0.1, 0.15) is 0 Å². The lowest BCUT2D eigenvalue weighted by molar-refractivity contribution is 1.16. The lowest BCUT2D eigenvalue weighted by Gasteiger charge is -1.98. The standard InChI is InChI=1S/C9H8N4/c10-8-4-7(5-11-6-8)9-12-2-1-3-13-9/h1-6H,10H2. The molecule has 0 amide bonds. The average molecular weight is 172 g/mol. The second-order valence-corrected chi connectivity index (χ2v) is 2.58. The van der Waals surface area contributed by atoms with E-state index in [0.717, 1.165) is 5.56 Å². The van der Waals surface area contributed by atoms with E-state index in [0.29, 0.717) is 11.5 Å². The number of rotatable bonds is 1. The molecule has 0 saturated carbocycles. The first kappa shape index (κ1) is 7.67. The molecule has 2 heterocycles. The van der Waals surface area contributed by atoms with E-state index in [2.05, 4.69) is 15.0 Å². The fourth-order valence-electron chi connectivity index (χ4n) is 1.03. The maximum absolute atomic E-state index is 5.58. The van der Waals surface area contributed by atoms with Crippen LogP contribution in [0.3, 0.4) is 0 Å². The van der Waals surface area contributed by atoms with E-state index >= 15 is 0 Å². The lowest BCUT2D eigenvalue weighted by Crippen LogP contribution is -1.91. The van der Waals surface area contributed by atoms with Gasteiger partial charge in [0.1, 0.15) is 0 Å². The summed E-state index contributed by atoms with van der Waals surface area (Å²) in [5.41, 5.74) is 7.03. The molecule has 2 rings (SSSR count). The third kappa shape index (κ3) is 1.61. The van der Waals surface area contributed by atoms with E-state index in [1.54, 1.807) is 36.9 Å². The number of nitrogens with two attached hydrogens (primary N) is 1. The number of aromatic nitrogens is 3. The van der Waals surface area contributed by atoms with E-state index in [9.17, 15) is 0 Å². The van der Waals surface area contributed by atoms with Gasteiger partial charge in [0.05, 0.1) is 5.69 Å². The summed E-state index contributed by atoms with van der Waals surface area (Å²) in [4.78, 5) is 12.1. The zero-order valence-corrected chi connectivity index (χ0v) is 6.88. The number of hydrogen-bond donors (Lipinski definition) is 1. The molecule has 0 spiro atoms. The SMILES string of the molecule is Nc1cncc(-c2ncccn2)c1. The molecule has 0 unspecified atom stereocenters. The van der Waals surface area contributed by atoms with Gasteiger partial charge < -0.3 is 5.73 Å². The zero-order chi connectivity index (χ0) is 9.10. The van der Waals surface area contributed by atoms with Gasteiger partial charge in [-0.2, -0.15) is 0 Å². The Bertz CT molecular complexity index is 399. The van der Waals surface area contributed by atoms with Crippen LogP contribution < -0.4 is 5.73 Å². The van der Waals surface area contributed by atoms with Crippen LogP contribution >= 0.6 is 0 Å². The van der Waals surface area contributed by atoms with Gasteiger partial charge in [-0.05, 0) is 12.1 Å². The van der Waals surface area contributed by atoms with Crippen LogP contribution in [0.4, 0.5) is 5.69 Å². The first-order valence-corrected chi connectivity index (χ1v) is 3.84. The smallest absolute Gasteiger partial charge is 0.160 e. The largest absolute Gasteiger partial charge is 0.397 e. The molecule has 2 aromatic heterocycles. The Hall–Kier alpha value is -1.97. The van der Waals surface area contributed by atoms with Crippen molar-refractivity contribution in [2.75, 3.05) is 5.73 Å². The Balaban J connectivity index is 2.48. The predicted molar refractivity (Wildman–Crippen MR) is 49.7 cm³/mol. The number of anilines is 1. The highest BCUT2D eigenvalue weighted by Gasteiger charge is 1.99. The fraction of sp³-hybridized carbons (Fsp3) is 0. The molecule has 0 atom stereocenters. The van der Waals surface area contributed by atoms with E-state index in [-0.39, 0.29) is 0 Å². The Kier molecular flexibility index (Phi) is 1.88. The highest BCUT2D eigenvalue weighted by molar-refractivity contribution is 5.58. The summed E-state index contributed by atoms with van der Waals surface area (Å²) in [5, 5.41) is 0. The molecule has 0 aliphatic rings. The summed E-state index contributed by atoms with van der Waals surface area (Å²) in [7, 11) is 0. The summed E-state index contributed by atoms with van der Waals surface area (Å²) in [6.45, 7) is 0. The molecule has 64 valence electrons. The minimum Gasteiger partial charge on any atom is -0.397 e. The molecule has 0 bridgehead atoms. The van der Waals surface area contributed by atoms with E-state index in [1.807, 2.05) is 0 Å². The summed E-state index contributed by atoms with van der Waals surface area (Å²) in [5.74, 6) is 0.641. The maximum Gasteiger partial charge on any atom is 0.160 e. The van der Waals surface area contributed by atoms with Crippen LogP contribution in [-0.2, 0) is 0 Å². The summed E-state index contributed by atoms with van der Waals surface area (Å²) in [6, 6.07) is 3.56. The van der Waals surface area contributed by atoms with Crippen molar-refractivity contribution >= 4 is 5.69 Å². The first-order valence-electron chi connectivity index (χ1n) is 3.84. The molecule has 0 saturated heterocycles. The molecule has 2 N–H and O–H groups in total. The van der Waals surface area contributed by atoms with Crippen LogP contribution in [-0.4, -0.2) is 15.0 Å². The van der Waals surface area contributed by atoms with Gasteiger partial charge in [0.15, 0.2) is 5.82 Å². The van der Waals surface area contributed by atoms with Gasteiger partial charge in [0.2, 0.25) is 0 Å². The molecular weight excluding hydrogens is 164 g/mol. The zero-order valence-electron chi connectivity index (χ0n) is 6.88. The second kappa shape index (κ2) is 3.18. The molecule has 0 aliphatic heterocycles. The van der Waals surface area contributed by atoms with Gasteiger partial charge in [-0.15, -0.1) is 0 Å². The Morgan fingerprint density at radius 2 is 1.85 bits per heavy atom. The molecule has 13 heavy (non-hydrogen) atoms. The van der Waals surface area contributed by atoms with Gasteiger partial charge in [-0.3, -0.25) is 4.98 Å². The predicted octanol–water partition coefficient (Wildman–Crippen LogP) is 1.12. The highest BCUT2D eigenvalue weighted by atomic mass is 14.9. The van der Waals surface area contributed by atoms with Gasteiger partial charge >= 0.3 is 0 Å². The molecule has 2 aromatic rings. The lowest BCUT2D eigenvalue weighted by atomic mass is 10.2. The summed E-state index contributed by atoms with van der Waals surface area (Å²) in [6.07, 6.45) is 6.65. The van der Waals surface area contributed by atoms with Crippen molar-refractivity contribution in [1.82, 2.24) is 15.0 Å². The minimum absolute atomic E-state index is 0.616. The maximum atomic E-state index is 5.58. The molecule has 0 fully saturated rings. The van der Waals surface area contributed by atoms with Crippen molar-refractivity contribution in [3.05, 3.63) is 36.9 Å². The van der Waals surface area contributed by atoms with Crippen molar-refractivity contribution in [3.8, 4) is 11.4 Å². The summed E-state index contributed by atoms with van der Waals surface area (Å²) < 4.78 is 0. The Labute approximate surface area is 75.5 Å². The number of nitrogen functional groups attached to an aromatic ring is 1. The topological polar surface area (TPSA) is 64.7 Å². The number of pyridine rings is 1. The first-order chi connectivity index (χ1) is 6.36. The fourth-order valence-corrected chi connectivity index (χ4v) is 1.03. The van der Waals surface area contributed by atoms with Crippen molar-refractivity contribution in [2.24, 2.45) is 0 Å². The van der Waals surface area contributed by atoms with Crippen LogP contribution in [0.25, 0.3) is 11.4 Å². The Morgan fingerprint density at radius 1 is 1.08 bits per heavy atom. The van der Waals surface area contributed by atoms with Crippen LogP contribution in [0, 0.1) is 0 Å². The minimum atomic E-state index is 0.616. The monoisotopic (exact) mass is 172 g/mol. The van der Waals surface area contributed by atoms with E-state index in [4.69, 9.17) is 5.73 Å². The van der Waals surface area contributed by atoms with E-state index < -0.39 is 0 Å². The Morgan fingerprint density at radius 3 is 2.54 bits per heavy atom. The van der Waals surface area contributed by atoms with Crippen LogP contribution in [0.5, 0.6) is 0 Å². The van der Waals surface area contributed by atoms with Gasteiger partial charge in [0.25, 0.3) is 0 Å². The highest BCUT2D eigenvalue weighted by Crippen LogP contribution is 2.14. The number of nitrogens with zero attached hydrogens (tertiary/aromatic N) is 3. The van der Waals surface area contributed by atoms with Crippen LogP contribution in [0.15, 0.2) is 36.9 Å². The van der Waals surface area contributed by atoms with Gasteiger partial charge in [-0.1, -0.05) is 0 Å². The van der Waals surface area contributed by atoms with E-state index in [1.165, 1.54) is 0 Å². The van der Waals surface area contributed by atoms with Crippen molar-refractivity contribution in [1.29, 1.82) is 0 Å². The normalized spacial score (nSPS) is 9.85. The quantitative estimate of drug-likeness (QED) is 0.700. The molecule has 0 aromatic carbocycles. The summed E-state index contributed by atoms with van der Waals surface area (Å²) >= 11 is 0. The van der Waals surface area contributed by atoms with Crippen molar-refractivity contribution in [3.63, 3.8) is 0 Å². The third-order valence-electron chi connectivity index (χ3n) is 1.58. The van der Waals surface area contributed by atoms with Crippen molar-refractivity contribution < 1.29 is 0 Å². The molecule has 4 nitrogen and oxygen atoms in total. The van der Waals surface area contributed by atoms with Crippen LogP contribution in [0.2, 0.25) is 0 Å². The average Bonchev–Trinajstić information content (AvgIpc) is 2.19. The number of hydrogen-bond acceptors (Lipinski definition) is 4. The molecule has 4 heteroatoms. The third-order valence-corrected chi connectivity index (χ3v) is 1.58.